The lowest BCUT2D eigenvalue weighted by Gasteiger charge is -2.23. The number of nitrogens with zero attached hydrogens (tertiary/aromatic N) is 4. The van der Waals surface area contributed by atoms with Gasteiger partial charge >= 0.3 is 0 Å². The van der Waals surface area contributed by atoms with E-state index in [9.17, 15) is 0 Å². The summed E-state index contributed by atoms with van der Waals surface area (Å²) in [5.74, 6) is 1.20. The SMILES string of the molecule is CCn1nccc1CN1CCCC1c1nc2c([nH]1)CCCC2. The molecule has 3 heterocycles. The summed E-state index contributed by atoms with van der Waals surface area (Å²) < 4.78 is 2.10. The van der Waals surface area contributed by atoms with E-state index in [1.165, 1.54) is 55.0 Å². The van der Waals surface area contributed by atoms with Crippen LogP contribution in [0.25, 0.3) is 0 Å². The van der Waals surface area contributed by atoms with Gasteiger partial charge in [0.05, 0.1) is 17.4 Å². The summed E-state index contributed by atoms with van der Waals surface area (Å²) in [4.78, 5) is 11.1. The van der Waals surface area contributed by atoms with Gasteiger partial charge in [0.25, 0.3) is 0 Å². The highest BCUT2D eigenvalue weighted by Crippen LogP contribution is 2.33. The maximum absolute atomic E-state index is 4.94. The molecular formula is C17H25N5. The lowest BCUT2D eigenvalue weighted by atomic mass is 10.0. The molecule has 1 N–H and O–H groups in total. The molecule has 0 spiro atoms. The Morgan fingerprint density at radius 2 is 2.18 bits per heavy atom. The number of hydrogen-bond acceptors (Lipinski definition) is 3. The van der Waals surface area contributed by atoms with Crippen LogP contribution in [0.1, 0.15) is 61.6 Å². The Morgan fingerprint density at radius 3 is 3.05 bits per heavy atom. The van der Waals surface area contributed by atoms with Crippen molar-refractivity contribution in [3.8, 4) is 0 Å². The molecule has 22 heavy (non-hydrogen) atoms. The van der Waals surface area contributed by atoms with E-state index in [4.69, 9.17) is 4.98 Å². The zero-order valence-electron chi connectivity index (χ0n) is 13.4. The average Bonchev–Trinajstić information content (AvgIpc) is 3.25. The first-order chi connectivity index (χ1) is 10.8. The largest absolute Gasteiger partial charge is 0.344 e. The van der Waals surface area contributed by atoms with Crippen molar-refractivity contribution in [2.24, 2.45) is 0 Å². The maximum atomic E-state index is 4.94. The molecule has 2 aliphatic rings. The highest BCUT2D eigenvalue weighted by molar-refractivity contribution is 5.20. The van der Waals surface area contributed by atoms with Crippen LogP contribution in [0.15, 0.2) is 12.3 Å². The predicted molar refractivity (Wildman–Crippen MR) is 85.5 cm³/mol. The second-order valence-electron chi connectivity index (χ2n) is 6.52. The van der Waals surface area contributed by atoms with E-state index < -0.39 is 0 Å². The molecule has 1 aliphatic carbocycles. The third-order valence-corrected chi connectivity index (χ3v) is 5.12. The fraction of sp³-hybridized carbons (Fsp3) is 0.647. The first-order valence-corrected chi connectivity index (χ1v) is 8.67. The van der Waals surface area contributed by atoms with Crippen LogP contribution >= 0.6 is 0 Å². The van der Waals surface area contributed by atoms with Crippen molar-refractivity contribution in [3.63, 3.8) is 0 Å². The minimum atomic E-state index is 0.450. The Hall–Kier alpha value is -1.62. The van der Waals surface area contributed by atoms with Crippen molar-refractivity contribution in [2.45, 2.75) is 64.6 Å². The van der Waals surface area contributed by atoms with Gasteiger partial charge in [0.1, 0.15) is 5.82 Å². The summed E-state index contributed by atoms with van der Waals surface area (Å²) in [5, 5.41) is 4.39. The van der Waals surface area contributed by atoms with E-state index >= 15 is 0 Å². The third kappa shape index (κ3) is 2.47. The molecule has 0 amide bonds. The van der Waals surface area contributed by atoms with Crippen LogP contribution in [0, 0.1) is 0 Å². The van der Waals surface area contributed by atoms with Crippen molar-refractivity contribution in [3.05, 3.63) is 35.2 Å². The fourth-order valence-electron chi connectivity index (χ4n) is 3.95. The molecular weight excluding hydrogens is 274 g/mol. The molecule has 1 saturated heterocycles. The Bertz CT molecular complexity index is 618. The van der Waals surface area contributed by atoms with Gasteiger partial charge in [0.15, 0.2) is 0 Å². The summed E-state index contributed by atoms with van der Waals surface area (Å²) in [5.41, 5.74) is 4.03. The molecule has 2 aromatic heterocycles. The Labute approximate surface area is 131 Å². The number of imidazole rings is 1. The van der Waals surface area contributed by atoms with Gasteiger partial charge in [-0.15, -0.1) is 0 Å². The first kappa shape index (κ1) is 14.0. The molecule has 4 rings (SSSR count). The summed E-state index contributed by atoms with van der Waals surface area (Å²) in [6, 6.07) is 2.59. The number of hydrogen-bond donors (Lipinski definition) is 1. The molecule has 2 aromatic rings. The van der Waals surface area contributed by atoms with Gasteiger partial charge in [-0.3, -0.25) is 9.58 Å². The zero-order chi connectivity index (χ0) is 14.9. The van der Waals surface area contributed by atoms with Crippen molar-refractivity contribution in [1.82, 2.24) is 24.6 Å². The molecule has 118 valence electrons. The summed E-state index contributed by atoms with van der Waals surface area (Å²) in [6.07, 6.45) is 9.32. The van der Waals surface area contributed by atoms with Gasteiger partial charge < -0.3 is 4.98 Å². The molecule has 5 nitrogen and oxygen atoms in total. The maximum Gasteiger partial charge on any atom is 0.124 e. The van der Waals surface area contributed by atoms with Crippen LogP contribution in [0.3, 0.4) is 0 Å². The van der Waals surface area contributed by atoms with Crippen LogP contribution in [0.5, 0.6) is 0 Å². The zero-order valence-corrected chi connectivity index (χ0v) is 13.4. The number of aryl methyl sites for hydroxylation is 3. The van der Waals surface area contributed by atoms with Crippen LogP contribution < -0.4 is 0 Å². The predicted octanol–water partition coefficient (Wildman–Crippen LogP) is 2.84. The fourth-order valence-corrected chi connectivity index (χ4v) is 3.95. The summed E-state index contributed by atoms with van der Waals surface area (Å²) in [6.45, 7) is 5.23. The van der Waals surface area contributed by atoms with Crippen LogP contribution in [-0.4, -0.2) is 31.2 Å². The van der Waals surface area contributed by atoms with E-state index in [0.29, 0.717) is 6.04 Å². The summed E-state index contributed by atoms with van der Waals surface area (Å²) in [7, 11) is 0. The molecule has 1 fully saturated rings. The first-order valence-electron chi connectivity index (χ1n) is 8.67. The minimum Gasteiger partial charge on any atom is -0.344 e. The average molecular weight is 299 g/mol. The van der Waals surface area contributed by atoms with Gasteiger partial charge in [0, 0.05) is 25.0 Å². The highest BCUT2D eigenvalue weighted by Gasteiger charge is 2.30. The molecule has 5 heteroatoms. The number of H-pyrrole nitrogens is 1. The van der Waals surface area contributed by atoms with Crippen molar-refractivity contribution >= 4 is 0 Å². The minimum absolute atomic E-state index is 0.450. The van der Waals surface area contributed by atoms with E-state index in [2.05, 4.69) is 32.7 Å². The van der Waals surface area contributed by atoms with Crippen molar-refractivity contribution in [2.75, 3.05) is 6.54 Å². The number of aromatic amines is 1. The van der Waals surface area contributed by atoms with Crippen LogP contribution in [0.4, 0.5) is 0 Å². The smallest absolute Gasteiger partial charge is 0.124 e. The van der Waals surface area contributed by atoms with Gasteiger partial charge in [-0.25, -0.2) is 4.98 Å². The number of rotatable bonds is 4. The van der Waals surface area contributed by atoms with Gasteiger partial charge in [-0.1, -0.05) is 0 Å². The second-order valence-corrected chi connectivity index (χ2v) is 6.52. The molecule has 1 aliphatic heterocycles. The van der Waals surface area contributed by atoms with Crippen LogP contribution in [0.2, 0.25) is 0 Å². The molecule has 1 atom stereocenters. The van der Waals surface area contributed by atoms with Crippen LogP contribution in [-0.2, 0) is 25.9 Å². The standard InChI is InChI=1S/C17H25N5/c1-2-22-13(9-10-18-22)12-21-11-5-8-16(21)17-19-14-6-3-4-7-15(14)20-17/h9-10,16H,2-8,11-12H2,1H3,(H,19,20). The Morgan fingerprint density at radius 1 is 1.27 bits per heavy atom. The molecule has 0 aromatic carbocycles. The van der Waals surface area contributed by atoms with E-state index in [-0.39, 0.29) is 0 Å². The lowest BCUT2D eigenvalue weighted by molar-refractivity contribution is 0.233. The normalized spacial score (nSPS) is 22.1. The van der Waals surface area contributed by atoms with E-state index in [1.807, 2.05) is 6.20 Å². The number of nitrogens with one attached hydrogen (secondary N) is 1. The molecule has 0 radical (unpaired) electrons. The van der Waals surface area contributed by atoms with Crippen molar-refractivity contribution < 1.29 is 0 Å². The highest BCUT2D eigenvalue weighted by atomic mass is 15.3. The molecule has 1 unspecified atom stereocenters. The Kier molecular flexibility index (Phi) is 3.74. The summed E-state index contributed by atoms with van der Waals surface area (Å²) >= 11 is 0. The lowest BCUT2D eigenvalue weighted by Crippen LogP contribution is -2.25. The number of fused-ring (bicyclic) bond motifs is 1. The quantitative estimate of drug-likeness (QED) is 0.944. The van der Waals surface area contributed by atoms with E-state index in [1.54, 1.807) is 0 Å². The Balaban J connectivity index is 1.54. The second kappa shape index (κ2) is 5.88. The topological polar surface area (TPSA) is 49.7 Å². The van der Waals surface area contributed by atoms with Gasteiger partial charge in [-0.2, -0.15) is 5.10 Å². The third-order valence-electron chi connectivity index (χ3n) is 5.12. The van der Waals surface area contributed by atoms with Gasteiger partial charge in [0.2, 0.25) is 0 Å². The monoisotopic (exact) mass is 299 g/mol. The molecule has 0 bridgehead atoms. The number of likely N-dealkylation sites (tertiary alicyclic amines) is 1. The number of aromatic nitrogens is 4. The van der Waals surface area contributed by atoms with Crippen molar-refractivity contribution in [1.29, 1.82) is 0 Å². The van der Waals surface area contributed by atoms with Gasteiger partial charge in [-0.05, 0) is 58.1 Å². The molecule has 0 saturated carbocycles. The van der Waals surface area contributed by atoms with E-state index in [0.717, 1.165) is 26.1 Å².